The molecule has 1 fully saturated rings. The van der Waals surface area contributed by atoms with Gasteiger partial charge in [0.2, 0.25) is 11.8 Å². The molecule has 0 aromatic carbocycles. The number of carbonyl (C=O) groups is 2. The van der Waals surface area contributed by atoms with E-state index in [0.29, 0.717) is 12.8 Å². The Morgan fingerprint density at radius 1 is 1.17 bits per heavy atom. The highest BCUT2D eigenvalue weighted by Crippen LogP contribution is 2.11. The Bertz CT molecular complexity index is 627. The topological polar surface area (TPSA) is 126 Å². The minimum atomic E-state index is -3.04. The molecule has 0 aliphatic carbocycles. The van der Waals surface area contributed by atoms with Crippen LogP contribution in [0.5, 0.6) is 0 Å². The van der Waals surface area contributed by atoms with E-state index in [-0.39, 0.29) is 60.3 Å². The van der Waals surface area contributed by atoms with Gasteiger partial charge in [-0.05, 0) is 12.8 Å². The molecule has 2 N–H and O–H groups in total. The van der Waals surface area contributed by atoms with Crippen molar-refractivity contribution in [3.05, 3.63) is 0 Å². The molecule has 0 radical (unpaired) electrons. The lowest BCUT2D eigenvalue weighted by molar-refractivity contribution is -0.126. The van der Waals surface area contributed by atoms with E-state index in [2.05, 4.69) is 10.6 Å². The van der Waals surface area contributed by atoms with E-state index in [1.807, 2.05) is 0 Å². The van der Waals surface area contributed by atoms with Gasteiger partial charge in [-0.3, -0.25) is 9.59 Å². The summed E-state index contributed by atoms with van der Waals surface area (Å²) in [6.07, 6.45) is 0.724. The lowest BCUT2D eigenvalue weighted by Crippen LogP contribution is -2.36. The normalized spacial score (nSPS) is 20.1. The van der Waals surface area contributed by atoms with Gasteiger partial charge in [-0.1, -0.05) is 6.92 Å². The van der Waals surface area contributed by atoms with E-state index < -0.39 is 19.7 Å². The largest absolute Gasteiger partial charge is 0.356 e. The fourth-order valence-electron chi connectivity index (χ4n) is 2.19. The Morgan fingerprint density at radius 2 is 1.83 bits per heavy atom. The summed E-state index contributed by atoms with van der Waals surface area (Å²) in [5, 5.41) is 5.17. The van der Waals surface area contributed by atoms with Crippen molar-refractivity contribution in [3.63, 3.8) is 0 Å². The van der Waals surface area contributed by atoms with Crippen molar-refractivity contribution in [1.82, 2.24) is 10.6 Å². The van der Waals surface area contributed by atoms with Gasteiger partial charge in [-0.25, -0.2) is 16.8 Å². The second-order valence-electron chi connectivity index (χ2n) is 5.61. The van der Waals surface area contributed by atoms with E-state index >= 15 is 0 Å². The molecule has 0 bridgehead atoms. The average Bonchev–Trinajstić information content (AvgIpc) is 2.80. The Morgan fingerprint density at radius 3 is 2.39 bits per heavy atom. The van der Waals surface area contributed by atoms with Crippen LogP contribution in [-0.2, 0) is 29.3 Å². The van der Waals surface area contributed by atoms with Gasteiger partial charge >= 0.3 is 0 Å². The second kappa shape index (κ2) is 8.62. The summed E-state index contributed by atoms with van der Waals surface area (Å²) in [5.41, 5.74) is 0. The van der Waals surface area contributed by atoms with Crippen LogP contribution in [0, 0.1) is 0 Å². The fourth-order valence-corrected chi connectivity index (χ4v) is 4.73. The van der Waals surface area contributed by atoms with E-state index in [9.17, 15) is 26.4 Å². The van der Waals surface area contributed by atoms with E-state index in [0.717, 1.165) is 0 Å². The molecule has 1 aliphatic heterocycles. The monoisotopic (exact) mass is 368 g/mol. The van der Waals surface area contributed by atoms with Crippen molar-refractivity contribution < 1.29 is 26.4 Å². The average molecular weight is 368 g/mol. The van der Waals surface area contributed by atoms with Crippen molar-refractivity contribution in [2.45, 2.75) is 38.6 Å². The quantitative estimate of drug-likeness (QED) is 0.503. The zero-order valence-electron chi connectivity index (χ0n) is 13.2. The van der Waals surface area contributed by atoms with Crippen LogP contribution < -0.4 is 10.6 Å². The van der Waals surface area contributed by atoms with Crippen molar-refractivity contribution in [1.29, 1.82) is 0 Å². The van der Waals surface area contributed by atoms with Crippen LogP contribution in [0.3, 0.4) is 0 Å². The predicted molar refractivity (Wildman–Crippen MR) is 86.4 cm³/mol. The lowest BCUT2D eigenvalue weighted by atomic mass is 10.2. The maximum atomic E-state index is 11.6. The fraction of sp³-hybridized carbons (Fsp3) is 0.846. The molecule has 1 rings (SSSR count). The van der Waals surface area contributed by atoms with E-state index in [4.69, 9.17) is 0 Å². The molecule has 1 heterocycles. The van der Waals surface area contributed by atoms with Crippen molar-refractivity contribution in [2.75, 3.05) is 29.6 Å². The molecule has 0 aromatic rings. The standard InChI is InChI=1S/C13H24N2O6S2/c1-2-22(18,19)8-3-7-14-12(16)4-5-13(17)15-11-6-9-23(20,21)10-11/h11H,2-10H2,1H3,(H,14,16)(H,15,17). The molecule has 1 saturated heterocycles. The number of nitrogens with one attached hydrogen (secondary N) is 2. The summed E-state index contributed by atoms with van der Waals surface area (Å²) < 4.78 is 45.1. The van der Waals surface area contributed by atoms with Crippen LogP contribution >= 0.6 is 0 Å². The van der Waals surface area contributed by atoms with Crippen LogP contribution in [0.15, 0.2) is 0 Å². The first-order valence-corrected chi connectivity index (χ1v) is 11.2. The minimum Gasteiger partial charge on any atom is -0.356 e. The Labute approximate surface area is 137 Å². The maximum Gasteiger partial charge on any atom is 0.220 e. The van der Waals surface area contributed by atoms with Crippen molar-refractivity contribution in [2.24, 2.45) is 0 Å². The van der Waals surface area contributed by atoms with Gasteiger partial charge in [-0.2, -0.15) is 0 Å². The van der Waals surface area contributed by atoms with Gasteiger partial charge in [0.05, 0.1) is 17.3 Å². The number of hydrogen-bond donors (Lipinski definition) is 2. The summed E-state index contributed by atoms with van der Waals surface area (Å²) in [6, 6.07) is -0.366. The summed E-state index contributed by atoms with van der Waals surface area (Å²) in [4.78, 5) is 23.2. The molecule has 134 valence electrons. The molecule has 1 unspecified atom stereocenters. The SMILES string of the molecule is CCS(=O)(=O)CCCNC(=O)CCC(=O)NC1CCS(=O)(=O)C1. The van der Waals surface area contributed by atoms with Gasteiger partial charge in [0.15, 0.2) is 9.84 Å². The summed E-state index contributed by atoms with van der Waals surface area (Å²) in [7, 11) is -6.08. The number of rotatable bonds is 9. The summed E-state index contributed by atoms with van der Waals surface area (Å²) in [5.74, 6) is -0.530. The number of carbonyl (C=O) groups excluding carboxylic acids is 2. The lowest BCUT2D eigenvalue weighted by Gasteiger charge is -2.10. The predicted octanol–water partition coefficient (Wildman–Crippen LogP) is -0.989. The van der Waals surface area contributed by atoms with E-state index in [1.54, 1.807) is 6.92 Å². The third-order valence-corrected chi connectivity index (χ3v) is 7.13. The maximum absolute atomic E-state index is 11.6. The molecule has 10 heteroatoms. The van der Waals surface area contributed by atoms with Crippen LogP contribution in [0.1, 0.15) is 32.6 Å². The smallest absolute Gasteiger partial charge is 0.220 e. The van der Waals surface area contributed by atoms with Gasteiger partial charge in [0.1, 0.15) is 9.84 Å². The second-order valence-corrected chi connectivity index (χ2v) is 10.3. The molecule has 0 spiro atoms. The van der Waals surface area contributed by atoms with Crippen molar-refractivity contribution in [3.8, 4) is 0 Å². The highest BCUT2D eigenvalue weighted by atomic mass is 32.2. The molecule has 2 amide bonds. The van der Waals surface area contributed by atoms with Gasteiger partial charge in [0.25, 0.3) is 0 Å². The highest BCUT2D eigenvalue weighted by Gasteiger charge is 2.28. The molecular formula is C13H24N2O6S2. The Hall–Kier alpha value is -1.16. The molecule has 0 saturated carbocycles. The van der Waals surface area contributed by atoms with Gasteiger partial charge in [0, 0.05) is 31.2 Å². The Kier molecular flexibility index (Phi) is 7.46. The van der Waals surface area contributed by atoms with Crippen LogP contribution in [0.25, 0.3) is 0 Å². The van der Waals surface area contributed by atoms with Gasteiger partial charge in [-0.15, -0.1) is 0 Å². The minimum absolute atomic E-state index is 0.00810. The number of amides is 2. The van der Waals surface area contributed by atoms with E-state index in [1.165, 1.54) is 0 Å². The molecule has 0 aromatic heterocycles. The van der Waals surface area contributed by atoms with Crippen LogP contribution in [-0.4, -0.2) is 64.2 Å². The first-order chi connectivity index (χ1) is 10.6. The van der Waals surface area contributed by atoms with Crippen LogP contribution in [0.2, 0.25) is 0 Å². The summed E-state index contributed by atoms with van der Waals surface area (Å²) >= 11 is 0. The first-order valence-electron chi connectivity index (χ1n) is 7.60. The summed E-state index contributed by atoms with van der Waals surface area (Å²) in [6.45, 7) is 1.82. The zero-order chi connectivity index (χ0) is 17.5. The van der Waals surface area contributed by atoms with Gasteiger partial charge < -0.3 is 10.6 Å². The number of hydrogen-bond acceptors (Lipinski definition) is 6. The number of sulfone groups is 2. The first kappa shape index (κ1) is 19.9. The van der Waals surface area contributed by atoms with Crippen molar-refractivity contribution >= 4 is 31.5 Å². The zero-order valence-corrected chi connectivity index (χ0v) is 14.8. The van der Waals surface area contributed by atoms with Crippen LogP contribution in [0.4, 0.5) is 0 Å². The third kappa shape index (κ3) is 8.31. The molecule has 8 nitrogen and oxygen atoms in total. The third-order valence-electron chi connectivity index (χ3n) is 3.57. The molecule has 1 aliphatic rings. The highest BCUT2D eigenvalue weighted by molar-refractivity contribution is 7.91. The Balaban J connectivity index is 2.15. The molecule has 1 atom stereocenters. The molecule has 23 heavy (non-hydrogen) atoms. The molecular weight excluding hydrogens is 344 g/mol.